The van der Waals surface area contributed by atoms with E-state index in [1.165, 1.54) is 12.1 Å². The van der Waals surface area contributed by atoms with Crippen LogP contribution in [0, 0.1) is 0 Å². The predicted molar refractivity (Wildman–Crippen MR) is 127 cm³/mol. The highest BCUT2D eigenvalue weighted by Gasteiger charge is 2.17. The minimum absolute atomic E-state index is 0.00124. The number of aromatic hydroxyl groups is 2. The van der Waals surface area contributed by atoms with Crippen LogP contribution in [0.4, 0.5) is 0 Å². The first-order chi connectivity index (χ1) is 14.8. The summed E-state index contributed by atoms with van der Waals surface area (Å²) < 4.78 is 6.22. The van der Waals surface area contributed by atoms with E-state index in [4.69, 9.17) is 51.1 Å². The zero-order chi connectivity index (χ0) is 22.1. The van der Waals surface area contributed by atoms with E-state index in [9.17, 15) is 10.2 Å². The van der Waals surface area contributed by atoms with Crippen molar-refractivity contribution in [3.8, 4) is 45.3 Å². The Kier molecular flexibility index (Phi) is 6.22. The van der Waals surface area contributed by atoms with Gasteiger partial charge in [-0.05, 0) is 60.7 Å². The van der Waals surface area contributed by atoms with E-state index in [2.05, 4.69) is 0 Å². The summed E-state index contributed by atoms with van der Waals surface area (Å²) in [4.78, 5) is 0. The number of rotatable bonds is 4. The van der Waals surface area contributed by atoms with E-state index in [-0.39, 0.29) is 11.5 Å². The fraction of sp³-hybridized carbons (Fsp3) is 0. The van der Waals surface area contributed by atoms with Gasteiger partial charge in [-0.2, -0.15) is 0 Å². The van der Waals surface area contributed by atoms with Crippen molar-refractivity contribution in [3.05, 3.63) is 92.9 Å². The van der Waals surface area contributed by atoms with E-state index in [1.54, 1.807) is 60.7 Å². The monoisotopic (exact) mass is 490 g/mol. The molecule has 156 valence electrons. The predicted octanol–water partition coefficient (Wildman–Crippen LogP) is 8.84. The third-order valence-corrected chi connectivity index (χ3v) is 5.55. The summed E-state index contributed by atoms with van der Waals surface area (Å²) in [6.45, 7) is 0. The maximum atomic E-state index is 10.4. The minimum Gasteiger partial charge on any atom is -0.507 e. The zero-order valence-corrected chi connectivity index (χ0v) is 18.8. The summed E-state index contributed by atoms with van der Waals surface area (Å²) in [5.41, 5.74) is 2.25. The second-order valence-electron chi connectivity index (χ2n) is 6.71. The normalized spacial score (nSPS) is 10.8. The van der Waals surface area contributed by atoms with Crippen LogP contribution in [0.1, 0.15) is 0 Å². The minimum atomic E-state index is 0.00124. The van der Waals surface area contributed by atoms with E-state index in [0.717, 1.165) is 0 Å². The van der Waals surface area contributed by atoms with Gasteiger partial charge in [0.05, 0.1) is 0 Å². The van der Waals surface area contributed by atoms with Crippen LogP contribution in [0.25, 0.3) is 22.3 Å². The molecular weight excluding hydrogens is 478 g/mol. The van der Waals surface area contributed by atoms with Crippen molar-refractivity contribution in [2.45, 2.75) is 0 Å². The first kappa shape index (κ1) is 21.7. The van der Waals surface area contributed by atoms with Gasteiger partial charge >= 0.3 is 0 Å². The Bertz CT molecular complexity index is 1190. The third-order valence-electron chi connectivity index (χ3n) is 4.61. The molecule has 7 heteroatoms. The smallest absolute Gasteiger partial charge is 0.136 e. The van der Waals surface area contributed by atoms with Gasteiger partial charge in [-0.25, -0.2) is 0 Å². The number of phenolic OH excluding ortho intramolecular Hbond substituents is 2. The van der Waals surface area contributed by atoms with E-state index in [0.29, 0.717) is 53.8 Å². The number of benzene rings is 4. The highest BCUT2D eigenvalue weighted by atomic mass is 35.5. The summed E-state index contributed by atoms with van der Waals surface area (Å²) in [5.74, 6) is 0.784. The Hall–Kier alpha value is -2.56. The number of phenols is 2. The summed E-state index contributed by atoms with van der Waals surface area (Å²) in [7, 11) is 0. The largest absolute Gasteiger partial charge is 0.507 e. The van der Waals surface area contributed by atoms with Crippen LogP contribution in [0.5, 0.6) is 23.0 Å². The van der Waals surface area contributed by atoms with Crippen molar-refractivity contribution in [3.63, 3.8) is 0 Å². The molecule has 0 fully saturated rings. The molecule has 0 amide bonds. The van der Waals surface area contributed by atoms with Gasteiger partial charge in [0.1, 0.15) is 23.0 Å². The standard InChI is InChI=1S/C24H14Cl4O3/c25-13-1-5-17(21(29)9-13)19-7-3-15(27)11-23(19)31-24-12-16(28)4-8-20(24)18-6-2-14(26)10-22(18)30/h1-12,29-30H. The number of hydrogen-bond acceptors (Lipinski definition) is 3. The van der Waals surface area contributed by atoms with Gasteiger partial charge in [0, 0.05) is 54.5 Å². The molecular formula is C24H14Cl4O3. The van der Waals surface area contributed by atoms with Crippen molar-refractivity contribution < 1.29 is 14.9 Å². The topological polar surface area (TPSA) is 49.7 Å². The Morgan fingerprint density at radius 3 is 1.13 bits per heavy atom. The molecule has 3 nitrogen and oxygen atoms in total. The van der Waals surface area contributed by atoms with Gasteiger partial charge in [0.2, 0.25) is 0 Å². The highest BCUT2D eigenvalue weighted by Crippen LogP contribution is 2.44. The van der Waals surface area contributed by atoms with Crippen molar-refractivity contribution in [1.82, 2.24) is 0 Å². The lowest BCUT2D eigenvalue weighted by Gasteiger charge is -2.17. The molecule has 0 spiro atoms. The molecule has 0 aliphatic rings. The summed E-state index contributed by atoms with van der Waals surface area (Å²) >= 11 is 24.4. The Morgan fingerprint density at radius 1 is 0.452 bits per heavy atom. The lowest BCUT2D eigenvalue weighted by Crippen LogP contribution is -1.92. The molecule has 2 N–H and O–H groups in total. The van der Waals surface area contributed by atoms with Crippen molar-refractivity contribution in [2.24, 2.45) is 0 Å². The highest BCUT2D eigenvalue weighted by molar-refractivity contribution is 6.32. The zero-order valence-electron chi connectivity index (χ0n) is 15.7. The van der Waals surface area contributed by atoms with E-state index in [1.807, 2.05) is 0 Å². The molecule has 0 unspecified atom stereocenters. The Morgan fingerprint density at radius 2 is 0.774 bits per heavy atom. The number of ether oxygens (including phenoxy) is 1. The lowest BCUT2D eigenvalue weighted by molar-refractivity contribution is 0.470. The van der Waals surface area contributed by atoms with Gasteiger partial charge in [-0.1, -0.05) is 46.4 Å². The van der Waals surface area contributed by atoms with Crippen LogP contribution in [0.3, 0.4) is 0 Å². The molecule has 0 bridgehead atoms. The maximum absolute atomic E-state index is 10.4. The second-order valence-corrected chi connectivity index (χ2v) is 8.45. The molecule has 0 saturated carbocycles. The van der Waals surface area contributed by atoms with Crippen molar-refractivity contribution >= 4 is 46.4 Å². The molecule has 0 saturated heterocycles. The van der Waals surface area contributed by atoms with Crippen LogP contribution >= 0.6 is 46.4 Å². The van der Waals surface area contributed by atoms with Gasteiger partial charge < -0.3 is 14.9 Å². The third kappa shape index (κ3) is 4.70. The molecule has 0 radical (unpaired) electrons. The van der Waals surface area contributed by atoms with Crippen molar-refractivity contribution in [1.29, 1.82) is 0 Å². The molecule has 4 aromatic carbocycles. The van der Waals surface area contributed by atoms with E-state index < -0.39 is 0 Å². The van der Waals surface area contributed by atoms with Gasteiger partial charge in [-0.15, -0.1) is 0 Å². The summed E-state index contributed by atoms with van der Waals surface area (Å²) in [6, 6.07) is 19.8. The quantitative estimate of drug-likeness (QED) is 0.299. The first-order valence-electron chi connectivity index (χ1n) is 9.06. The second kappa shape index (κ2) is 8.89. The Balaban J connectivity index is 1.85. The SMILES string of the molecule is Oc1cc(Cl)ccc1-c1ccc(Cl)cc1Oc1cc(Cl)ccc1-c1ccc(Cl)cc1O. The van der Waals surface area contributed by atoms with Crippen LogP contribution < -0.4 is 4.74 Å². The van der Waals surface area contributed by atoms with Crippen LogP contribution in [-0.2, 0) is 0 Å². The molecule has 0 aliphatic carbocycles. The van der Waals surface area contributed by atoms with Gasteiger partial charge in [-0.3, -0.25) is 0 Å². The fourth-order valence-electron chi connectivity index (χ4n) is 3.19. The Labute approximate surface area is 199 Å². The molecule has 31 heavy (non-hydrogen) atoms. The average Bonchev–Trinajstić information content (AvgIpc) is 2.70. The van der Waals surface area contributed by atoms with Gasteiger partial charge in [0.15, 0.2) is 0 Å². The molecule has 0 aliphatic heterocycles. The van der Waals surface area contributed by atoms with Crippen LogP contribution in [0.2, 0.25) is 20.1 Å². The molecule has 0 atom stereocenters. The first-order valence-corrected chi connectivity index (χ1v) is 10.6. The molecule has 0 aromatic heterocycles. The maximum Gasteiger partial charge on any atom is 0.136 e. The van der Waals surface area contributed by atoms with Crippen LogP contribution in [-0.4, -0.2) is 10.2 Å². The fourth-order valence-corrected chi connectivity index (χ4v) is 3.85. The molecule has 0 heterocycles. The summed E-state index contributed by atoms with van der Waals surface area (Å²) in [5, 5.41) is 22.5. The molecule has 4 rings (SSSR count). The lowest BCUT2D eigenvalue weighted by atomic mass is 10.0. The average molecular weight is 492 g/mol. The van der Waals surface area contributed by atoms with Crippen molar-refractivity contribution in [2.75, 3.05) is 0 Å². The number of hydrogen-bond donors (Lipinski definition) is 2. The molecule has 4 aromatic rings. The van der Waals surface area contributed by atoms with Crippen LogP contribution in [0.15, 0.2) is 72.8 Å². The van der Waals surface area contributed by atoms with E-state index >= 15 is 0 Å². The summed E-state index contributed by atoms with van der Waals surface area (Å²) in [6.07, 6.45) is 0. The van der Waals surface area contributed by atoms with Gasteiger partial charge in [0.25, 0.3) is 0 Å². The number of halogens is 4.